The maximum atomic E-state index is 12.9. The molecule has 2 aromatic carbocycles. The smallest absolute Gasteiger partial charge is 0.416 e. The molecule has 0 aliphatic carbocycles. The number of hydrogen-bond donors (Lipinski definition) is 1. The van der Waals surface area contributed by atoms with Gasteiger partial charge in [0.2, 0.25) is 0 Å². The number of nitrogens with zero attached hydrogens (tertiary/aromatic N) is 2. The van der Waals surface area contributed by atoms with Crippen LogP contribution in [0.3, 0.4) is 0 Å². The van der Waals surface area contributed by atoms with Crippen molar-refractivity contribution in [2.75, 3.05) is 31.1 Å². The molecule has 0 unspecified atom stereocenters. The van der Waals surface area contributed by atoms with Gasteiger partial charge < -0.3 is 15.0 Å². The van der Waals surface area contributed by atoms with Crippen molar-refractivity contribution in [1.29, 1.82) is 0 Å². The van der Waals surface area contributed by atoms with Crippen LogP contribution in [-0.2, 0) is 26.9 Å². The lowest BCUT2D eigenvalue weighted by atomic mass is 9.96. The summed E-state index contributed by atoms with van der Waals surface area (Å²) >= 11 is 0. The van der Waals surface area contributed by atoms with Crippen molar-refractivity contribution in [3.8, 4) is 0 Å². The Balaban J connectivity index is 1.43. The number of rotatable bonds is 9. The largest absolute Gasteiger partial charge is 0.455 e. The lowest BCUT2D eigenvalue weighted by Gasteiger charge is -2.32. The first-order chi connectivity index (χ1) is 16.6. The van der Waals surface area contributed by atoms with Gasteiger partial charge in [0.05, 0.1) is 16.4 Å². The molecule has 0 radical (unpaired) electrons. The normalized spacial score (nSPS) is 14.4. The van der Waals surface area contributed by atoms with Crippen molar-refractivity contribution in [2.24, 2.45) is 5.92 Å². The minimum absolute atomic E-state index is 0.0738. The van der Waals surface area contributed by atoms with Crippen LogP contribution in [0.5, 0.6) is 0 Å². The molecule has 0 bridgehead atoms. The van der Waals surface area contributed by atoms with Crippen LogP contribution in [0.4, 0.5) is 24.5 Å². The molecule has 3 rings (SSSR count). The third kappa shape index (κ3) is 7.43. The SMILES string of the molecule is O=C(COC(=O)C1CCN(c2ccc(C(F)(F)F)cc2[N+](=O)[O-])CC1)NCCCc1ccccc1. The van der Waals surface area contributed by atoms with Crippen LogP contribution in [0.1, 0.15) is 30.4 Å². The average molecular weight is 493 g/mol. The number of carbonyl (C=O) groups is 2. The summed E-state index contributed by atoms with van der Waals surface area (Å²) in [7, 11) is 0. The first-order valence-electron chi connectivity index (χ1n) is 11.2. The van der Waals surface area contributed by atoms with Gasteiger partial charge in [-0.25, -0.2) is 0 Å². The molecule has 11 heteroatoms. The summed E-state index contributed by atoms with van der Waals surface area (Å²) in [6.45, 7) is 0.527. The van der Waals surface area contributed by atoms with Crippen molar-refractivity contribution in [3.05, 3.63) is 69.8 Å². The van der Waals surface area contributed by atoms with Gasteiger partial charge in [0, 0.05) is 25.7 Å². The first-order valence-corrected chi connectivity index (χ1v) is 11.2. The van der Waals surface area contributed by atoms with E-state index in [1.165, 1.54) is 5.56 Å². The van der Waals surface area contributed by atoms with E-state index in [1.54, 1.807) is 4.90 Å². The van der Waals surface area contributed by atoms with Gasteiger partial charge in [0.25, 0.3) is 11.6 Å². The van der Waals surface area contributed by atoms with Crippen molar-refractivity contribution >= 4 is 23.3 Å². The second kappa shape index (κ2) is 11.7. The summed E-state index contributed by atoms with van der Waals surface area (Å²) in [5.74, 6) is -1.43. The van der Waals surface area contributed by atoms with E-state index in [0.29, 0.717) is 25.5 Å². The van der Waals surface area contributed by atoms with Crippen LogP contribution < -0.4 is 10.2 Å². The fourth-order valence-corrected chi connectivity index (χ4v) is 3.94. The van der Waals surface area contributed by atoms with Gasteiger partial charge in [0.1, 0.15) is 5.69 Å². The average Bonchev–Trinajstić information content (AvgIpc) is 2.85. The fraction of sp³-hybridized carbons (Fsp3) is 0.417. The Kier molecular flexibility index (Phi) is 8.67. The van der Waals surface area contributed by atoms with Gasteiger partial charge in [-0.05, 0) is 43.4 Å². The maximum Gasteiger partial charge on any atom is 0.416 e. The van der Waals surface area contributed by atoms with Crippen LogP contribution in [-0.4, -0.2) is 43.0 Å². The number of nitro groups is 1. The predicted octanol–water partition coefficient (Wildman–Crippen LogP) is 4.12. The minimum Gasteiger partial charge on any atom is -0.455 e. The van der Waals surface area contributed by atoms with Crippen molar-refractivity contribution in [1.82, 2.24) is 5.32 Å². The molecule has 1 aliphatic rings. The summed E-state index contributed by atoms with van der Waals surface area (Å²) in [5.41, 5.74) is -0.486. The van der Waals surface area contributed by atoms with Gasteiger partial charge in [-0.2, -0.15) is 13.2 Å². The molecular weight excluding hydrogens is 467 g/mol. The van der Waals surface area contributed by atoms with Gasteiger partial charge >= 0.3 is 12.1 Å². The standard InChI is InChI=1S/C24H26F3N3O5/c25-24(26,27)19-8-9-20(21(15-19)30(33)34)29-13-10-18(11-14-29)23(32)35-16-22(31)28-12-4-7-17-5-2-1-3-6-17/h1-3,5-6,8-9,15,18H,4,7,10-14,16H2,(H,28,31). The Hall–Kier alpha value is -3.63. The van der Waals surface area contributed by atoms with E-state index in [9.17, 15) is 32.9 Å². The second-order valence-electron chi connectivity index (χ2n) is 8.27. The van der Waals surface area contributed by atoms with Crippen molar-refractivity contribution in [2.45, 2.75) is 31.9 Å². The number of benzene rings is 2. The molecule has 2 aromatic rings. The number of hydrogen-bond acceptors (Lipinski definition) is 6. The molecule has 0 aromatic heterocycles. The predicted molar refractivity (Wildman–Crippen MR) is 122 cm³/mol. The quantitative estimate of drug-likeness (QED) is 0.244. The summed E-state index contributed by atoms with van der Waals surface area (Å²) < 4.78 is 43.9. The Morgan fingerprint density at radius 1 is 1.11 bits per heavy atom. The fourth-order valence-electron chi connectivity index (χ4n) is 3.94. The number of aryl methyl sites for hydroxylation is 1. The third-order valence-corrected chi connectivity index (χ3v) is 5.82. The number of halogens is 3. The van der Waals surface area contributed by atoms with Gasteiger partial charge in [0.15, 0.2) is 6.61 Å². The van der Waals surface area contributed by atoms with Gasteiger partial charge in [-0.1, -0.05) is 30.3 Å². The molecule has 188 valence electrons. The molecule has 0 atom stereocenters. The van der Waals surface area contributed by atoms with E-state index in [0.717, 1.165) is 25.0 Å². The number of carbonyl (C=O) groups excluding carboxylic acids is 2. The zero-order chi connectivity index (χ0) is 25.4. The van der Waals surface area contributed by atoms with Crippen LogP contribution in [0.25, 0.3) is 0 Å². The molecular formula is C24H26F3N3O5. The highest BCUT2D eigenvalue weighted by Gasteiger charge is 2.35. The van der Waals surface area contributed by atoms with E-state index in [4.69, 9.17) is 4.74 Å². The Morgan fingerprint density at radius 3 is 2.43 bits per heavy atom. The maximum absolute atomic E-state index is 12.9. The molecule has 1 fully saturated rings. The van der Waals surface area contributed by atoms with E-state index in [2.05, 4.69) is 5.32 Å². The first kappa shape index (κ1) is 26.0. The highest BCUT2D eigenvalue weighted by molar-refractivity contribution is 5.81. The Bertz CT molecular complexity index is 1040. The summed E-state index contributed by atoms with van der Waals surface area (Å²) in [6.07, 6.45) is -2.52. The summed E-state index contributed by atoms with van der Waals surface area (Å²) in [5, 5.41) is 14.0. The highest BCUT2D eigenvalue weighted by Crippen LogP contribution is 2.37. The molecule has 0 saturated carbocycles. The molecule has 0 spiro atoms. The molecule has 1 saturated heterocycles. The zero-order valence-electron chi connectivity index (χ0n) is 18.9. The molecule has 1 N–H and O–H groups in total. The number of nitrogens with one attached hydrogen (secondary N) is 1. The summed E-state index contributed by atoms with van der Waals surface area (Å²) in [6, 6.07) is 12.2. The minimum atomic E-state index is -4.69. The van der Waals surface area contributed by atoms with Crippen LogP contribution in [0.15, 0.2) is 48.5 Å². The number of alkyl halides is 3. The summed E-state index contributed by atoms with van der Waals surface area (Å²) in [4.78, 5) is 36.3. The highest BCUT2D eigenvalue weighted by atomic mass is 19.4. The topological polar surface area (TPSA) is 102 Å². The van der Waals surface area contributed by atoms with E-state index in [-0.39, 0.29) is 18.8 Å². The molecule has 1 heterocycles. The number of amides is 1. The third-order valence-electron chi connectivity index (χ3n) is 5.82. The van der Waals surface area contributed by atoms with Crippen LogP contribution in [0, 0.1) is 16.0 Å². The molecule has 1 amide bonds. The molecule has 35 heavy (non-hydrogen) atoms. The van der Waals surface area contributed by atoms with Gasteiger partial charge in [-0.15, -0.1) is 0 Å². The Labute approximate surface area is 200 Å². The van der Waals surface area contributed by atoms with E-state index < -0.39 is 46.8 Å². The lowest BCUT2D eigenvalue weighted by Crippen LogP contribution is -2.38. The number of nitro benzene ring substituents is 1. The van der Waals surface area contributed by atoms with E-state index >= 15 is 0 Å². The number of anilines is 1. The number of ether oxygens (including phenoxy) is 1. The number of esters is 1. The number of piperidine rings is 1. The van der Waals surface area contributed by atoms with Crippen LogP contribution in [0.2, 0.25) is 0 Å². The van der Waals surface area contributed by atoms with Gasteiger partial charge in [-0.3, -0.25) is 19.7 Å². The second-order valence-corrected chi connectivity index (χ2v) is 8.27. The Morgan fingerprint density at radius 2 is 1.80 bits per heavy atom. The lowest BCUT2D eigenvalue weighted by molar-refractivity contribution is -0.384. The van der Waals surface area contributed by atoms with E-state index in [1.807, 2.05) is 30.3 Å². The van der Waals surface area contributed by atoms with Crippen LogP contribution >= 0.6 is 0 Å². The monoisotopic (exact) mass is 493 g/mol. The molecule has 8 nitrogen and oxygen atoms in total. The van der Waals surface area contributed by atoms with Crippen molar-refractivity contribution in [3.63, 3.8) is 0 Å². The van der Waals surface area contributed by atoms with Crippen molar-refractivity contribution < 1.29 is 32.4 Å². The zero-order valence-corrected chi connectivity index (χ0v) is 18.9. The molecule has 1 aliphatic heterocycles.